The molecule has 1 aliphatic rings. The Bertz CT molecular complexity index is 840. The van der Waals surface area contributed by atoms with Gasteiger partial charge in [0.1, 0.15) is 5.82 Å². The van der Waals surface area contributed by atoms with Gasteiger partial charge >= 0.3 is 0 Å². The van der Waals surface area contributed by atoms with E-state index in [1.807, 2.05) is 13.8 Å². The summed E-state index contributed by atoms with van der Waals surface area (Å²) in [7, 11) is 0. The van der Waals surface area contributed by atoms with Gasteiger partial charge in [-0.25, -0.2) is 9.07 Å². The Labute approximate surface area is 144 Å². The molecular weight excluding hydrogens is 323 g/mol. The fourth-order valence-electron chi connectivity index (χ4n) is 2.82. The molecule has 0 unspecified atom stereocenters. The van der Waals surface area contributed by atoms with Crippen molar-refractivity contribution >= 4 is 17.9 Å². The molecule has 25 heavy (non-hydrogen) atoms. The van der Waals surface area contributed by atoms with Crippen molar-refractivity contribution in [3.8, 4) is 5.69 Å². The Morgan fingerprint density at radius 3 is 2.68 bits per heavy atom. The Balaban J connectivity index is 1.82. The molecule has 1 aromatic carbocycles. The zero-order valence-electron chi connectivity index (χ0n) is 14.1. The first-order chi connectivity index (χ1) is 12.0. The average molecular weight is 342 g/mol. The van der Waals surface area contributed by atoms with Crippen LogP contribution in [-0.4, -0.2) is 46.1 Å². The third-order valence-corrected chi connectivity index (χ3v) is 4.16. The minimum atomic E-state index is -0.304. The summed E-state index contributed by atoms with van der Waals surface area (Å²) in [6, 6.07) is 6.07. The summed E-state index contributed by atoms with van der Waals surface area (Å²) in [5, 5.41) is 7.15. The van der Waals surface area contributed by atoms with Gasteiger partial charge in [-0.05, 0) is 44.2 Å². The summed E-state index contributed by atoms with van der Waals surface area (Å²) in [5.74, 6) is -0.658. The Hall–Kier alpha value is -2.96. The molecule has 1 N–H and O–H groups in total. The third-order valence-electron chi connectivity index (χ3n) is 4.16. The quantitative estimate of drug-likeness (QED) is 0.862. The van der Waals surface area contributed by atoms with Crippen LogP contribution in [0.15, 0.2) is 30.3 Å². The average Bonchev–Trinajstić information content (AvgIpc) is 2.88. The number of aromatic nitrogens is 2. The van der Waals surface area contributed by atoms with E-state index >= 15 is 0 Å². The van der Waals surface area contributed by atoms with Crippen LogP contribution in [-0.2, 0) is 9.59 Å². The van der Waals surface area contributed by atoms with Gasteiger partial charge in [0.15, 0.2) is 0 Å². The van der Waals surface area contributed by atoms with E-state index in [1.165, 1.54) is 23.1 Å². The van der Waals surface area contributed by atoms with Crippen molar-refractivity contribution in [3.05, 3.63) is 53.1 Å². The highest BCUT2D eigenvalue weighted by atomic mass is 19.1. The van der Waals surface area contributed by atoms with Gasteiger partial charge in [0.2, 0.25) is 11.8 Å². The summed E-state index contributed by atoms with van der Waals surface area (Å²) in [6.07, 6.45) is 3.18. The standard InChI is InChI=1S/C18H19FN4O2/c1-12-16(7-8-18(25)22-10-9-20-17(24)11-22)13(2)23(21-12)15-5-3-14(19)4-6-15/h3-8H,9-11H2,1-2H3,(H,20,24)/b8-7+. The fourth-order valence-corrected chi connectivity index (χ4v) is 2.82. The predicted octanol–water partition coefficient (Wildman–Crippen LogP) is 1.60. The van der Waals surface area contributed by atoms with Crippen LogP contribution in [0.5, 0.6) is 0 Å². The van der Waals surface area contributed by atoms with Crippen LogP contribution >= 0.6 is 0 Å². The number of nitrogens with one attached hydrogen (secondary N) is 1. The highest BCUT2D eigenvalue weighted by molar-refractivity contribution is 5.95. The van der Waals surface area contributed by atoms with Crippen LogP contribution < -0.4 is 5.32 Å². The van der Waals surface area contributed by atoms with Crippen molar-refractivity contribution in [1.82, 2.24) is 20.0 Å². The second kappa shape index (κ2) is 6.88. The zero-order chi connectivity index (χ0) is 18.0. The SMILES string of the molecule is Cc1nn(-c2ccc(F)cc2)c(C)c1/C=C/C(=O)N1CCNC(=O)C1. The van der Waals surface area contributed by atoms with Crippen molar-refractivity contribution in [3.63, 3.8) is 0 Å². The number of rotatable bonds is 3. The summed E-state index contributed by atoms with van der Waals surface area (Å²) in [6.45, 7) is 4.80. The topological polar surface area (TPSA) is 67.2 Å². The summed E-state index contributed by atoms with van der Waals surface area (Å²) in [5.41, 5.74) is 3.20. The lowest BCUT2D eigenvalue weighted by Crippen LogP contribution is -2.49. The molecule has 2 aromatic rings. The number of nitrogens with zero attached hydrogens (tertiary/aromatic N) is 3. The van der Waals surface area contributed by atoms with Gasteiger partial charge < -0.3 is 10.2 Å². The van der Waals surface area contributed by atoms with Gasteiger partial charge in [-0.2, -0.15) is 5.10 Å². The molecule has 2 amide bonds. The van der Waals surface area contributed by atoms with Crippen molar-refractivity contribution in [1.29, 1.82) is 0 Å². The van der Waals surface area contributed by atoms with Crippen LogP contribution in [0, 0.1) is 19.7 Å². The monoisotopic (exact) mass is 342 g/mol. The molecule has 6 nitrogen and oxygen atoms in total. The third kappa shape index (κ3) is 3.60. The molecule has 1 saturated heterocycles. The Morgan fingerprint density at radius 1 is 1.28 bits per heavy atom. The van der Waals surface area contributed by atoms with E-state index in [-0.39, 0.29) is 24.2 Å². The van der Waals surface area contributed by atoms with E-state index in [1.54, 1.807) is 22.9 Å². The van der Waals surface area contributed by atoms with E-state index in [4.69, 9.17) is 0 Å². The lowest BCUT2D eigenvalue weighted by Gasteiger charge is -2.25. The van der Waals surface area contributed by atoms with E-state index < -0.39 is 0 Å². The predicted molar refractivity (Wildman–Crippen MR) is 91.6 cm³/mol. The molecule has 7 heteroatoms. The first-order valence-electron chi connectivity index (χ1n) is 8.01. The molecule has 0 saturated carbocycles. The van der Waals surface area contributed by atoms with E-state index in [2.05, 4.69) is 10.4 Å². The molecule has 0 spiro atoms. The molecule has 3 rings (SSSR count). The molecule has 2 heterocycles. The first kappa shape index (κ1) is 16.9. The lowest BCUT2D eigenvalue weighted by atomic mass is 10.1. The Morgan fingerprint density at radius 2 is 2.00 bits per heavy atom. The van der Waals surface area contributed by atoms with Gasteiger partial charge in [-0.3, -0.25) is 9.59 Å². The molecule has 1 aromatic heterocycles. The molecule has 130 valence electrons. The number of halogens is 1. The summed E-state index contributed by atoms with van der Waals surface area (Å²) in [4.78, 5) is 25.1. The molecule has 0 aliphatic carbocycles. The second-order valence-corrected chi connectivity index (χ2v) is 5.92. The van der Waals surface area contributed by atoms with Gasteiger partial charge in [0.25, 0.3) is 0 Å². The minimum absolute atomic E-state index is 0.0793. The number of piperazine rings is 1. The highest BCUT2D eigenvalue weighted by Crippen LogP contribution is 2.19. The van der Waals surface area contributed by atoms with Gasteiger partial charge in [-0.1, -0.05) is 0 Å². The smallest absolute Gasteiger partial charge is 0.247 e. The number of aryl methyl sites for hydroxylation is 1. The number of benzene rings is 1. The molecule has 0 atom stereocenters. The van der Waals surface area contributed by atoms with Crippen molar-refractivity contribution < 1.29 is 14.0 Å². The largest absolute Gasteiger partial charge is 0.353 e. The van der Waals surface area contributed by atoms with Crippen molar-refractivity contribution in [2.45, 2.75) is 13.8 Å². The fraction of sp³-hybridized carbons (Fsp3) is 0.278. The van der Waals surface area contributed by atoms with Crippen LogP contribution in [0.25, 0.3) is 11.8 Å². The van der Waals surface area contributed by atoms with E-state index in [0.29, 0.717) is 13.1 Å². The van der Waals surface area contributed by atoms with Gasteiger partial charge in [-0.15, -0.1) is 0 Å². The second-order valence-electron chi connectivity index (χ2n) is 5.92. The minimum Gasteiger partial charge on any atom is -0.353 e. The van der Waals surface area contributed by atoms with Crippen LogP contribution in [0.4, 0.5) is 4.39 Å². The van der Waals surface area contributed by atoms with Gasteiger partial charge in [0, 0.05) is 30.4 Å². The molecule has 0 radical (unpaired) electrons. The summed E-state index contributed by atoms with van der Waals surface area (Å²) >= 11 is 0. The molecule has 1 fully saturated rings. The van der Waals surface area contributed by atoms with E-state index in [0.717, 1.165) is 22.6 Å². The van der Waals surface area contributed by atoms with Crippen LogP contribution in [0.1, 0.15) is 17.0 Å². The van der Waals surface area contributed by atoms with Gasteiger partial charge in [0.05, 0.1) is 17.9 Å². The number of carbonyl (C=O) groups excluding carboxylic acids is 2. The lowest BCUT2D eigenvalue weighted by molar-refractivity contribution is -0.134. The first-order valence-corrected chi connectivity index (χ1v) is 8.01. The van der Waals surface area contributed by atoms with Crippen molar-refractivity contribution in [2.75, 3.05) is 19.6 Å². The van der Waals surface area contributed by atoms with E-state index in [9.17, 15) is 14.0 Å². The Kier molecular flexibility index (Phi) is 4.65. The van der Waals surface area contributed by atoms with Crippen molar-refractivity contribution in [2.24, 2.45) is 0 Å². The number of carbonyl (C=O) groups is 2. The maximum absolute atomic E-state index is 13.1. The zero-order valence-corrected chi connectivity index (χ0v) is 14.1. The molecular formula is C18H19FN4O2. The number of hydrogen-bond acceptors (Lipinski definition) is 3. The number of hydrogen-bond donors (Lipinski definition) is 1. The molecule has 0 bridgehead atoms. The number of amides is 2. The van der Waals surface area contributed by atoms with Crippen LogP contribution in [0.3, 0.4) is 0 Å². The maximum atomic E-state index is 13.1. The van der Waals surface area contributed by atoms with Crippen LogP contribution in [0.2, 0.25) is 0 Å². The maximum Gasteiger partial charge on any atom is 0.247 e. The summed E-state index contributed by atoms with van der Waals surface area (Å²) < 4.78 is 14.8. The highest BCUT2D eigenvalue weighted by Gasteiger charge is 2.19. The molecule has 1 aliphatic heterocycles. The normalized spacial score (nSPS) is 14.8.